The third kappa shape index (κ3) is 18.3. The van der Waals surface area contributed by atoms with E-state index in [9.17, 15) is 38.4 Å². The highest BCUT2D eigenvalue weighted by Gasteiger charge is 2.20. The van der Waals surface area contributed by atoms with E-state index in [-0.39, 0.29) is 118 Å². The maximum Gasteiger partial charge on any atom is 0.338 e. The summed E-state index contributed by atoms with van der Waals surface area (Å²) in [6, 6.07) is 12.8. The zero-order valence-electron chi connectivity index (χ0n) is 41.8. The summed E-state index contributed by atoms with van der Waals surface area (Å²) in [4.78, 5) is 108. The van der Waals surface area contributed by atoms with Gasteiger partial charge in [-0.25, -0.2) is 38.4 Å². The first-order valence-corrected chi connectivity index (χ1v) is 23.8. The largest absolute Gasteiger partial charge is 0.462 e. The fourth-order valence-electron chi connectivity index (χ4n) is 6.62. The first-order valence-electron chi connectivity index (χ1n) is 23.8. The molecule has 1 heterocycles. The smallest absolute Gasteiger partial charge is 0.338 e. The maximum atomic E-state index is 13.7. The summed E-state index contributed by atoms with van der Waals surface area (Å²) in [6.45, 7) is 16.2. The van der Waals surface area contributed by atoms with E-state index in [1.54, 1.807) is 0 Å². The molecular weight excluding hydrogens is 929 g/mol. The van der Waals surface area contributed by atoms with Gasteiger partial charge in [0, 0.05) is 45.5 Å². The Labute approximate surface area is 418 Å². The molecule has 20 heteroatoms. The lowest BCUT2D eigenvalue weighted by Crippen LogP contribution is -2.24. The van der Waals surface area contributed by atoms with Crippen LogP contribution in [0.2, 0.25) is 0 Å². The molecule has 0 saturated carbocycles. The molecule has 0 spiro atoms. The van der Waals surface area contributed by atoms with Crippen molar-refractivity contribution in [2.45, 2.75) is 81.1 Å². The van der Waals surface area contributed by atoms with E-state index in [2.05, 4.69) is 42.5 Å². The van der Waals surface area contributed by atoms with Crippen LogP contribution >= 0.6 is 0 Å². The van der Waals surface area contributed by atoms with Gasteiger partial charge in [0.15, 0.2) is 0 Å². The molecule has 0 saturated heterocycles. The maximum absolute atomic E-state index is 13.7. The average molecular weight is 993 g/mol. The van der Waals surface area contributed by atoms with Crippen molar-refractivity contribution in [2.75, 3.05) is 69.0 Å². The number of carbonyl (C=O) groups is 8. The van der Waals surface area contributed by atoms with E-state index in [1.807, 2.05) is 55.4 Å². The van der Waals surface area contributed by atoms with Crippen LogP contribution in [0.1, 0.15) is 123 Å². The molecule has 0 fully saturated rings. The summed E-state index contributed by atoms with van der Waals surface area (Å²) >= 11 is 0. The molecule has 5 rings (SSSR count). The van der Waals surface area contributed by atoms with Gasteiger partial charge < -0.3 is 61.5 Å². The van der Waals surface area contributed by atoms with Crippen LogP contribution < -0.4 is 42.5 Å². The lowest BCUT2D eigenvalue weighted by molar-refractivity contribution is 0.0478. The molecule has 0 aromatic heterocycles. The first-order chi connectivity index (χ1) is 34.2. The van der Waals surface area contributed by atoms with Gasteiger partial charge in [0.25, 0.3) is 0 Å². The number of carbonyl (C=O) groups excluding carboxylic acids is 8. The van der Waals surface area contributed by atoms with Crippen LogP contribution in [-0.2, 0) is 18.9 Å². The number of fused-ring (bicyclic) bond motifs is 8. The van der Waals surface area contributed by atoms with Crippen molar-refractivity contribution in [2.24, 2.45) is 23.7 Å². The Hall–Kier alpha value is -8.16. The summed E-state index contributed by atoms with van der Waals surface area (Å²) in [5.74, 6) is -2.02. The van der Waals surface area contributed by atoms with Crippen molar-refractivity contribution in [3.8, 4) is 0 Å². The Kier molecular flexibility index (Phi) is 19.9. The Morgan fingerprint density at radius 3 is 0.597 bits per heavy atom. The molecule has 1 aliphatic heterocycles. The van der Waals surface area contributed by atoms with Crippen LogP contribution in [0.3, 0.4) is 0 Å². The Morgan fingerprint density at radius 1 is 0.306 bits per heavy atom. The molecule has 8 amide bonds. The number of ether oxygens (including phenoxy) is 4. The van der Waals surface area contributed by atoms with Gasteiger partial charge in [0.1, 0.15) is 0 Å². The third-order valence-corrected chi connectivity index (χ3v) is 10.5. The van der Waals surface area contributed by atoms with Crippen molar-refractivity contribution in [3.63, 3.8) is 0 Å². The fraction of sp³-hybridized carbons (Fsp3) is 0.385. The summed E-state index contributed by atoms with van der Waals surface area (Å²) in [5, 5.41) is 21.1. The molecule has 384 valence electrons. The van der Waals surface area contributed by atoms with Gasteiger partial charge in [-0.05, 0) is 122 Å². The lowest BCUT2D eigenvalue weighted by atomic mass is 10.1. The predicted octanol–water partition coefficient (Wildman–Crippen LogP) is 11.4. The zero-order valence-corrected chi connectivity index (χ0v) is 41.8. The molecule has 20 nitrogen and oxygen atoms in total. The third-order valence-electron chi connectivity index (χ3n) is 10.5. The number of benzene rings is 4. The van der Waals surface area contributed by atoms with Crippen LogP contribution in [0.15, 0.2) is 72.8 Å². The van der Waals surface area contributed by atoms with Crippen LogP contribution in [0.4, 0.5) is 64.7 Å². The molecule has 0 unspecified atom stereocenters. The number of amides is 8. The van der Waals surface area contributed by atoms with Crippen molar-refractivity contribution < 1.29 is 57.3 Å². The minimum Gasteiger partial charge on any atom is -0.462 e. The number of nitrogens with one attached hydrogen (secondary N) is 8. The van der Waals surface area contributed by atoms with Crippen LogP contribution in [0.5, 0.6) is 0 Å². The SMILES string of the molecule is CC(C)CCOC(=O)c1cc2cc(c1)NC(=O)Nc1cc(cc(C(=O)OCCC(C)C)c1)NC(=O)Nc1cc(cc(C(=O)OCCC(C)C)c1)NC(=O)Nc1cc(cc(C(=O)OCCC(C)C)c1)NC(=O)N2. The molecule has 4 aromatic carbocycles. The van der Waals surface area contributed by atoms with E-state index in [1.165, 1.54) is 72.8 Å². The highest BCUT2D eigenvalue weighted by atomic mass is 16.5. The minimum absolute atomic E-state index is 0.0273. The minimum atomic E-state index is -0.852. The van der Waals surface area contributed by atoms with Crippen LogP contribution in [0.25, 0.3) is 0 Å². The quantitative estimate of drug-likeness (QED) is 0.0385. The normalized spacial score (nSPS) is 12.9. The summed E-state index contributed by atoms with van der Waals surface area (Å²) in [7, 11) is 0. The van der Waals surface area contributed by atoms with E-state index >= 15 is 0 Å². The molecule has 0 atom stereocenters. The molecular formula is C52H64N8O12. The Morgan fingerprint density at radius 2 is 0.458 bits per heavy atom. The van der Waals surface area contributed by atoms with E-state index in [0.717, 1.165) is 0 Å². The molecule has 8 bridgehead atoms. The van der Waals surface area contributed by atoms with Gasteiger partial charge in [-0.3, -0.25) is 0 Å². The van der Waals surface area contributed by atoms with Crippen molar-refractivity contribution in [1.29, 1.82) is 0 Å². The number of rotatable bonds is 16. The Bertz CT molecular complexity index is 2190. The first kappa shape index (κ1) is 54.8. The Balaban J connectivity index is 1.58. The van der Waals surface area contributed by atoms with E-state index < -0.39 is 48.0 Å². The fourth-order valence-corrected chi connectivity index (χ4v) is 6.62. The van der Waals surface area contributed by atoms with Gasteiger partial charge in [-0.15, -0.1) is 0 Å². The van der Waals surface area contributed by atoms with Crippen molar-refractivity contribution >= 4 is 93.5 Å². The number of anilines is 8. The van der Waals surface area contributed by atoms with Crippen LogP contribution in [-0.4, -0.2) is 74.4 Å². The second-order valence-electron chi connectivity index (χ2n) is 18.8. The molecule has 4 aromatic rings. The van der Waals surface area contributed by atoms with E-state index in [0.29, 0.717) is 25.7 Å². The number of hydrogen-bond acceptors (Lipinski definition) is 12. The van der Waals surface area contributed by atoms with E-state index in [4.69, 9.17) is 18.9 Å². The highest BCUT2D eigenvalue weighted by molar-refractivity contribution is 6.08. The van der Waals surface area contributed by atoms with Crippen molar-refractivity contribution in [1.82, 2.24) is 0 Å². The van der Waals surface area contributed by atoms with Gasteiger partial charge in [-0.1, -0.05) is 55.4 Å². The van der Waals surface area contributed by atoms with Gasteiger partial charge in [0.2, 0.25) is 0 Å². The number of esters is 4. The lowest BCUT2D eigenvalue weighted by Gasteiger charge is -2.16. The summed E-state index contributed by atoms with van der Waals surface area (Å²) in [5.41, 5.74) is 0.162. The number of urea groups is 4. The van der Waals surface area contributed by atoms with Gasteiger partial charge in [-0.2, -0.15) is 0 Å². The molecule has 0 radical (unpaired) electrons. The highest BCUT2D eigenvalue weighted by Crippen LogP contribution is 2.27. The molecule has 0 aliphatic carbocycles. The second-order valence-corrected chi connectivity index (χ2v) is 18.8. The molecule has 72 heavy (non-hydrogen) atoms. The summed E-state index contributed by atoms with van der Waals surface area (Å²) in [6.07, 6.45) is 2.31. The zero-order chi connectivity index (χ0) is 52.5. The van der Waals surface area contributed by atoms with Crippen molar-refractivity contribution in [3.05, 3.63) is 95.1 Å². The van der Waals surface area contributed by atoms with Gasteiger partial charge >= 0.3 is 48.0 Å². The topological polar surface area (TPSA) is 270 Å². The average Bonchev–Trinajstić information content (AvgIpc) is 3.27. The number of hydrogen-bond donors (Lipinski definition) is 8. The monoisotopic (exact) mass is 992 g/mol. The van der Waals surface area contributed by atoms with Gasteiger partial charge in [0.05, 0.1) is 48.7 Å². The predicted molar refractivity (Wildman–Crippen MR) is 275 cm³/mol. The molecule has 1 aliphatic rings. The summed E-state index contributed by atoms with van der Waals surface area (Å²) < 4.78 is 22.0. The second kappa shape index (κ2) is 26.2. The van der Waals surface area contributed by atoms with Crippen LogP contribution in [0, 0.1) is 23.7 Å². The standard InChI is InChI=1S/C52H64N8O12/c1-29(2)9-13-69-45(61)33-17-37-25-38(18-33)54-50(66)56-40-20-35(47(63)71-15-11-31(5)6)22-42(27-40)58-52(68)60-44-24-36(48(64)72-16-12-32(7)8)23-43(28-44)59-51(67)57-41-21-34(46(62)70-14-10-30(3)4)19-39(26-41)55-49(65)53-37/h17-32H,9-16H2,1-8H3,(H2,53,55,65)(H2,54,56,66)(H2,57,59,67)(H2,58,60,68). The molecule has 8 N–H and O–H groups in total.